The molecule has 3 aliphatic heterocycles. The summed E-state index contributed by atoms with van der Waals surface area (Å²) in [6, 6.07) is 5.71. The quantitative estimate of drug-likeness (QED) is 0.231. The lowest BCUT2D eigenvalue weighted by molar-refractivity contribution is -0.142. The number of aliphatic hydroxyl groups is 1. The van der Waals surface area contributed by atoms with Crippen LogP contribution in [0, 0.1) is 5.92 Å². The fraction of sp³-hybridized carbons (Fsp3) is 0.514. The molecule has 5 heterocycles. The molecule has 1 aromatic carbocycles. The first-order valence-electron chi connectivity index (χ1n) is 17.1. The summed E-state index contributed by atoms with van der Waals surface area (Å²) in [6.45, 7) is 3.83. The molecule has 6 rings (SSSR count). The van der Waals surface area contributed by atoms with E-state index in [0.717, 1.165) is 16.5 Å². The van der Waals surface area contributed by atoms with Crippen molar-refractivity contribution >= 4 is 40.4 Å². The van der Waals surface area contributed by atoms with Gasteiger partial charge in [0.05, 0.1) is 24.7 Å². The molecule has 0 saturated carbocycles. The Kier molecular flexibility index (Phi) is 10.3. The van der Waals surface area contributed by atoms with Crippen LogP contribution in [0.3, 0.4) is 0 Å². The number of carbonyl (C=O) groups excluding carboxylic acids is 5. The third-order valence-electron chi connectivity index (χ3n) is 9.66. The summed E-state index contributed by atoms with van der Waals surface area (Å²) in [4.78, 5) is 78.2. The maximum Gasteiger partial charge on any atom is 0.255 e. The van der Waals surface area contributed by atoms with E-state index in [9.17, 15) is 29.1 Å². The number of benzene rings is 1. The van der Waals surface area contributed by atoms with Gasteiger partial charge in [-0.25, -0.2) is 0 Å². The summed E-state index contributed by atoms with van der Waals surface area (Å²) in [5, 5.41) is 21.0. The van der Waals surface area contributed by atoms with Gasteiger partial charge < -0.3 is 45.6 Å². The Balaban J connectivity index is 1.36. The van der Waals surface area contributed by atoms with E-state index in [2.05, 4.69) is 25.9 Å². The lowest BCUT2D eigenvalue weighted by atomic mass is 9.97. The Hall–Kier alpha value is -4.69. The number of hydrogen-bond donors (Lipinski definition) is 6. The molecule has 49 heavy (non-hydrogen) atoms. The van der Waals surface area contributed by atoms with E-state index in [1.807, 2.05) is 38.1 Å². The fourth-order valence-electron chi connectivity index (χ4n) is 7.16. The number of hydrogen-bond acceptors (Lipinski definition) is 7. The van der Waals surface area contributed by atoms with Crippen molar-refractivity contribution in [2.75, 3.05) is 26.2 Å². The third kappa shape index (κ3) is 7.65. The number of fused-ring (bicyclic) bond motifs is 4. The highest BCUT2D eigenvalue weighted by molar-refractivity contribution is 5.98. The number of aromatic amines is 2. The van der Waals surface area contributed by atoms with Gasteiger partial charge in [0.2, 0.25) is 23.6 Å². The summed E-state index contributed by atoms with van der Waals surface area (Å²) >= 11 is 0. The van der Waals surface area contributed by atoms with Gasteiger partial charge in [0.15, 0.2) is 0 Å². The SMILES string of the molecule is CC(C)C[C@H]1NC(=O)[C@H]2CCCN2C(=O)[C@@H](Cc2c[nH]c3ccccc23)NC(=O)CN(C(=O)c2cc[nH]c2)C[C@H]2OCC[C@H](NC1=O)[C@@H]2O. The Morgan fingerprint density at radius 3 is 2.59 bits per heavy atom. The molecular formula is C35H45N7O7. The zero-order valence-corrected chi connectivity index (χ0v) is 27.8. The molecule has 3 aliphatic rings. The van der Waals surface area contributed by atoms with E-state index < -0.39 is 72.5 Å². The number of aliphatic hydroxyl groups excluding tert-OH is 1. The molecular weight excluding hydrogens is 630 g/mol. The van der Waals surface area contributed by atoms with Crippen LogP contribution < -0.4 is 16.0 Å². The predicted octanol–water partition coefficient (Wildman–Crippen LogP) is 0.836. The van der Waals surface area contributed by atoms with Gasteiger partial charge in [-0.15, -0.1) is 0 Å². The molecule has 3 saturated heterocycles. The molecule has 0 aliphatic carbocycles. The van der Waals surface area contributed by atoms with E-state index in [1.165, 1.54) is 16.0 Å². The molecule has 14 nitrogen and oxygen atoms in total. The van der Waals surface area contributed by atoms with Gasteiger partial charge in [-0.1, -0.05) is 32.0 Å². The number of rotatable bonds is 5. The second-order valence-electron chi connectivity index (χ2n) is 13.7. The first-order valence-corrected chi connectivity index (χ1v) is 17.1. The second-order valence-corrected chi connectivity index (χ2v) is 13.7. The van der Waals surface area contributed by atoms with Gasteiger partial charge in [-0.05, 0) is 49.3 Å². The van der Waals surface area contributed by atoms with Gasteiger partial charge in [0.1, 0.15) is 30.3 Å². The van der Waals surface area contributed by atoms with Crippen LogP contribution in [0.1, 0.15) is 55.5 Å². The normalized spacial score (nSPS) is 27.4. The Morgan fingerprint density at radius 1 is 1.00 bits per heavy atom. The van der Waals surface area contributed by atoms with E-state index in [0.29, 0.717) is 37.8 Å². The van der Waals surface area contributed by atoms with E-state index >= 15 is 0 Å². The van der Waals surface area contributed by atoms with Gasteiger partial charge in [-0.3, -0.25) is 24.0 Å². The lowest BCUT2D eigenvalue weighted by Gasteiger charge is -2.38. The average Bonchev–Trinajstić information content (AvgIpc) is 3.86. The molecule has 0 spiro atoms. The van der Waals surface area contributed by atoms with Crippen molar-refractivity contribution in [3.8, 4) is 0 Å². The van der Waals surface area contributed by atoms with E-state index in [4.69, 9.17) is 4.74 Å². The predicted molar refractivity (Wildman–Crippen MR) is 179 cm³/mol. The van der Waals surface area contributed by atoms with Crippen LogP contribution in [-0.2, 0) is 30.3 Å². The zero-order chi connectivity index (χ0) is 34.7. The van der Waals surface area contributed by atoms with Gasteiger partial charge in [0.25, 0.3) is 5.91 Å². The smallest absolute Gasteiger partial charge is 0.255 e. The Bertz CT molecular complexity index is 1670. The highest BCUT2D eigenvalue weighted by Gasteiger charge is 2.41. The summed E-state index contributed by atoms with van der Waals surface area (Å²) in [6.07, 6.45) is 4.57. The minimum atomic E-state index is -1.20. The van der Waals surface area contributed by atoms with Crippen LogP contribution in [0.4, 0.5) is 0 Å². The lowest BCUT2D eigenvalue weighted by Crippen LogP contribution is -2.60. The number of aromatic nitrogens is 2. The van der Waals surface area contributed by atoms with Crippen LogP contribution in [0.5, 0.6) is 0 Å². The van der Waals surface area contributed by atoms with Crippen LogP contribution in [0.25, 0.3) is 10.9 Å². The van der Waals surface area contributed by atoms with Gasteiger partial charge >= 0.3 is 0 Å². The summed E-state index contributed by atoms with van der Waals surface area (Å²) in [7, 11) is 0. The van der Waals surface area contributed by atoms with Crippen molar-refractivity contribution in [3.05, 3.63) is 60.0 Å². The minimum absolute atomic E-state index is 0.0580. The van der Waals surface area contributed by atoms with Crippen molar-refractivity contribution in [3.63, 3.8) is 0 Å². The molecule has 3 fully saturated rings. The molecule has 0 radical (unpaired) electrons. The zero-order valence-electron chi connectivity index (χ0n) is 27.8. The van der Waals surface area contributed by atoms with Crippen LogP contribution in [0.15, 0.2) is 48.9 Å². The van der Waals surface area contributed by atoms with E-state index in [-0.39, 0.29) is 25.5 Å². The van der Waals surface area contributed by atoms with E-state index in [1.54, 1.807) is 18.5 Å². The van der Waals surface area contributed by atoms with Crippen molar-refractivity contribution in [2.24, 2.45) is 5.92 Å². The molecule has 5 amide bonds. The molecule has 2 bridgehead atoms. The highest BCUT2D eigenvalue weighted by atomic mass is 16.5. The number of nitrogens with one attached hydrogen (secondary N) is 5. The Labute approximate surface area is 284 Å². The molecule has 0 unspecified atom stereocenters. The number of amides is 5. The first kappa shape index (κ1) is 34.2. The summed E-state index contributed by atoms with van der Waals surface area (Å²) < 4.78 is 5.89. The second kappa shape index (κ2) is 14.8. The first-order chi connectivity index (χ1) is 23.6. The van der Waals surface area contributed by atoms with Crippen molar-refractivity contribution in [1.29, 1.82) is 0 Å². The molecule has 14 heteroatoms. The van der Waals surface area contributed by atoms with Crippen LogP contribution in [0.2, 0.25) is 0 Å². The van der Waals surface area contributed by atoms with Gasteiger partial charge in [0, 0.05) is 49.1 Å². The maximum atomic E-state index is 14.4. The van der Waals surface area contributed by atoms with Crippen LogP contribution >= 0.6 is 0 Å². The number of para-hydroxylation sites is 1. The number of ether oxygens (including phenoxy) is 1. The monoisotopic (exact) mass is 675 g/mol. The maximum absolute atomic E-state index is 14.4. The molecule has 262 valence electrons. The number of H-pyrrole nitrogens is 2. The molecule has 3 aromatic rings. The molecule has 6 N–H and O–H groups in total. The summed E-state index contributed by atoms with van der Waals surface area (Å²) in [5.41, 5.74) is 1.99. The molecule has 6 atom stereocenters. The summed E-state index contributed by atoms with van der Waals surface area (Å²) in [5.74, 6) is -2.31. The fourth-order valence-corrected chi connectivity index (χ4v) is 7.16. The largest absolute Gasteiger partial charge is 0.388 e. The Morgan fingerprint density at radius 2 is 1.82 bits per heavy atom. The number of carbonyl (C=O) groups is 5. The molecule has 2 aromatic heterocycles. The minimum Gasteiger partial charge on any atom is -0.388 e. The van der Waals surface area contributed by atoms with Crippen molar-refractivity contribution < 1.29 is 33.8 Å². The standard InChI is InChI=1S/C35H45N7O7/c1-20(2)14-26-32(45)39-25-10-13-49-29(31(25)44)18-41(34(47)21-9-11-36-16-21)19-30(43)38-27(15-22-17-37-24-7-4-3-6-23(22)24)35(48)42-12-5-8-28(42)33(46)40-26/h3-4,6-7,9,11,16-17,20,25-29,31,36-37,44H,5,8,10,12-15,18-19H2,1-2H3,(H,38,43)(H,39,45)(H,40,46)/t25-,26+,27+,28+,29+,31-/m0/s1. The topological polar surface area (TPSA) is 189 Å². The highest BCUT2D eigenvalue weighted by Crippen LogP contribution is 2.24. The van der Waals surface area contributed by atoms with Gasteiger partial charge in [-0.2, -0.15) is 0 Å². The third-order valence-corrected chi connectivity index (χ3v) is 9.66. The van der Waals surface area contributed by atoms with Crippen LogP contribution in [-0.4, -0.2) is 117 Å². The number of nitrogens with zero attached hydrogens (tertiary/aromatic N) is 2. The van der Waals surface area contributed by atoms with Crippen molar-refractivity contribution in [1.82, 2.24) is 35.7 Å². The average molecular weight is 676 g/mol. The van der Waals surface area contributed by atoms with Crippen molar-refractivity contribution in [2.45, 2.75) is 82.3 Å².